The number of nitriles is 1. The molecular weight excluding hydrogens is 370 g/mol. The highest BCUT2D eigenvalue weighted by atomic mass is 16.5. The number of hydrogen-bond donors (Lipinski definition) is 3. The molecule has 1 aliphatic heterocycles. The number of aromatic nitrogens is 3. The number of rotatable bonds is 3. The average Bonchev–Trinajstić information content (AvgIpc) is 3.22. The van der Waals surface area contributed by atoms with Crippen molar-refractivity contribution in [3.8, 4) is 17.2 Å². The zero-order valence-electron chi connectivity index (χ0n) is 16.0. The molecule has 29 heavy (non-hydrogen) atoms. The number of carboxylic acids is 1. The van der Waals surface area contributed by atoms with E-state index in [0.29, 0.717) is 25.3 Å². The van der Waals surface area contributed by atoms with Crippen molar-refractivity contribution in [2.24, 2.45) is 23.2 Å². The summed E-state index contributed by atoms with van der Waals surface area (Å²) in [5.41, 5.74) is 3.02. The average molecular weight is 393 g/mol. The van der Waals surface area contributed by atoms with Crippen LogP contribution in [0.25, 0.3) is 11.1 Å². The molecule has 3 N–H and O–H groups in total. The Hall–Kier alpha value is -2.95. The van der Waals surface area contributed by atoms with Crippen LogP contribution >= 0.6 is 0 Å². The SMILES string of the molecule is N#CCn1ccc2c1NCc1nn(O)c(C3C4CC5CC3CC(C(=O)O)(C5)C4)c1-2. The zero-order chi connectivity index (χ0) is 19.9. The van der Waals surface area contributed by atoms with Crippen LogP contribution in [-0.2, 0) is 17.9 Å². The zero-order valence-corrected chi connectivity index (χ0v) is 16.0. The fraction of sp³-hybridized carbons (Fsp3) is 0.571. The van der Waals surface area contributed by atoms with Crippen molar-refractivity contribution in [3.63, 3.8) is 0 Å². The number of anilines is 1. The second-order valence-electron chi connectivity index (χ2n) is 9.40. The van der Waals surface area contributed by atoms with E-state index >= 15 is 0 Å². The minimum Gasteiger partial charge on any atom is -0.481 e. The first-order chi connectivity index (χ1) is 14.0. The molecule has 2 aromatic heterocycles. The molecule has 4 fully saturated rings. The molecule has 8 heteroatoms. The Bertz CT molecular complexity index is 1060. The van der Waals surface area contributed by atoms with Crippen molar-refractivity contribution in [2.45, 2.75) is 51.1 Å². The van der Waals surface area contributed by atoms with Crippen molar-refractivity contribution in [1.82, 2.24) is 14.5 Å². The first kappa shape index (κ1) is 17.0. The van der Waals surface area contributed by atoms with E-state index in [0.717, 1.165) is 52.4 Å². The van der Waals surface area contributed by atoms with E-state index in [4.69, 9.17) is 5.26 Å². The maximum absolute atomic E-state index is 12.1. The van der Waals surface area contributed by atoms with E-state index in [2.05, 4.69) is 16.5 Å². The van der Waals surface area contributed by atoms with Crippen molar-refractivity contribution < 1.29 is 15.1 Å². The van der Waals surface area contributed by atoms with E-state index < -0.39 is 11.4 Å². The maximum Gasteiger partial charge on any atom is 0.309 e. The molecule has 2 atom stereocenters. The summed E-state index contributed by atoms with van der Waals surface area (Å²) in [5.74, 6) is 1.39. The van der Waals surface area contributed by atoms with Crippen LogP contribution in [0.5, 0.6) is 0 Å². The Morgan fingerprint density at radius 2 is 2.10 bits per heavy atom. The van der Waals surface area contributed by atoms with Crippen LogP contribution in [0.4, 0.5) is 5.82 Å². The number of fused-ring (bicyclic) bond motifs is 3. The monoisotopic (exact) mass is 393 g/mol. The quantitative estimate of drug-likeness (QED) is 0.690. The smallest absolute Gasteiger partial charge is 0.309 e. The van der Waals surface area contributed by atoms with Crippen LogP contribution in [0.3, 0.4) is 0 Å². The number of aliphatic carboxylic acids is 1. The summed E-state index contributed by atoms with van der Waals surface area (Å²) in [6.45, 7) is 0.764. The van der Waals surface area contributed by atoms with E-state index in [9.17, 15) is 15.1 Å². The van der Waals surface area contributed by atoms with Crippen LogP contribution in [-0.4, -0.2) is 30.8 Å². The third kappa shape index (κ3) is 2.13. The van der Waals surface area contributed by atoms with Gasteiger partial charge in [0.05, 0.1) is 29.4 Å². The Balaban J connectivity index is 1.47. The van der Waals surface area contributed by atoms with E-state index in [1.807, 2.05) is 16.8 Å². The van der Waals surface area contributed by atoms with Gasteiger partial charge in [0.15, 0.2) is 0 Å². The van der Waals surface area contributed by atoms with Gasteiger partial charge in [0.1, 0.15) is 12.4 Å². The molecule has 4 bridgehead atoms. The number of carboxylic acid groups (broad SMARTS) is 1. The van der Waals surface area contributed by atoms with Crippen LogP contribution in [0.15, 0.2) is 12.3 Å². The molecule has 3 heterocycles. The Labute approximate surface area is 167 Å². The summed E-state index contributed by atoms with van der Waals surface area (Å²) in [6.07, 6.45) is 6.17. The summed E-state index contributed by atoms with van der Waals surface area (Å²) in [6, 6.07) is 4.17. The molecule has 7 rings (SSSR count). The number of nitrogens with one attached hydrogen (secondary N) is 1. The summed E-state index contributed by atoms with van der Waals surface area (Å²) >= 11 is 0. The second kappa shape index (κ2) is 5.56. The lowest BCUT2D eigenvalue weighted by atomic mass is 9.45. The van der Waals surface area contributed by atoms with Crippen molar-refractivity contribution >= 4 is 11.8 Å². The van der Waals surface area contributed by atoms with Gasteiger partial charge in [0.2, 0.25) is 0 Å². The molecule has 0 spiro atoms. The predicted molar refractivity (Wildman–Crippen MR) is 102 cm³/mol. The van der Waals surface area contributed by atoms with Gasteiger partial charge in [0, 0.05) is 23.2 Å². The molecular formula is C21H23N5O3. The lowest BCUT2D eigenvalue weighted by molar-refractivity contribution is -0.167. The number of hydrogen-bond acceptors (Lipinski definition) is 5. The van der Waals surface area contributed by atoms with Crippen molar-refractivity contribution in [3.05, 3.63) is 23.7 Å². The standard InChI is InChI=1S/C21H23N5O3/c22-2-4-25-3-1-14-17-15(10-23-19(14)25)24-26(29)18(17)16-12-5-11-6-13(16)9-21(7-11,8-12)20(27)28/h1,3,11-13,16,23,29H,4-10H2,(H,27,28). The molecule has 4 aliphatic carbocycles. The van der Waals surface area contributed by atoms with Gasteiger partial charge in [-0.3, -0.25) is 4.79 Å². The van der Waals surface area contributed by atoms with E-state index in [1.54, 1.807) is 0 Å². The minimum absolute atomic E-state index is 0.130. The minimum atomic E-state index is -0.644. The lowest BCUT2D eigenvalue weighted by Gasteiger charge is -2.58. The van der Waals surface area contributed by atoms with Gasteiger partial charge in [-0.15, -0.1) is 9.94 Å². The number of nitrogens with zero attached hydrogens (tertiary/aromatic N) is 4. The van der Waals surface area contributed by atoms with Crippen LogP contribution in [0.2, 0.25) is 0 Å². The van der Waals surface area contributed by atoms with Gasteiger partial charge >= 0.3 is 5.97 Å². The third-order valence-corrected chi connectivity index (χ3v) is 7.92. The van der Waals surface area contributed by atoms with E-state index in [-0.39, 0.29) is 24.3 Å². The molecule has 2 aromatic rings. The summed E-state index contributed by atoms with van der Waals surface area (Å²) in [4.78, 5) is 13.1. The van der Waals surface area contributed by atoms with Crippen molar-refractivity contribution in [2.75, 3.05) is 5.32 Å². The largest absolute Gasteiger partial charge is 0.481 e. The molecule has 0 radical (unpaired) electrons. The summed E-state index contributed by atoms with van der Waals surface area (Å²) < 4.78 is 1.88. The molecule has 5 aliphatic rings. The van der Waals surface area contributed by atoms with Crippen LogP contribution in [0, 0.1) is 34.5 Å². The highest BCUT2D eigenvalue weighted by Crippen LogP contribution is 2.65. The Kier molecular flexibility index (Phi) is 3.25. The summed E-state index contributed by atoms with van der Waals surface area (Å²) in [7, 11) is 0. The lowest BCUT2D eigenvalue weighted by Crippen LogP contribution is -2.53. The summed E-state index contributed by atoms with van der Waals surface area (Å²) in [5, 5.41) is 37.6. The van der Waals surface area contributed by atoms with Crippen LogP contribution in [0.1, 0.15) is 49.4 Å². The number of carbonyl (C=O) groups is 1. The fourth-order valence-corrected chi connectivity index (χ4v) is 7.16. The molecule has 0 amide bonds. The second-order valence-corrected chi connectivity index (χ2v) is 9.40. The highest BCUT2D eigenvalue weighted by Gasteiger charge is 2.60. The predicted octanol–water partition coefficient (Wildman–Crippen LogP) is 3.03. The van der Waals surface area contributed by atoms with Gasteiger partial charge in [-0.1, -0.05) is 0 Å². The normalized spacial score (nSPS) is 33.6. The Morgan fingerprint density at radius 1 is 1.34 bits per heavy atom. The molecule has 4 saturated carbocycles. The molecule has 8 nitrogen and oxygen atoms in total. The van der Waals surface area contributed by atoms with Gasteiger partial charge < -0.3 is 20.2 Å². The van der Waals surface area contributed by atoms with Crippen LogP contribution < -0.4 is 5.32 Å². The maximum atomic E-state index is 12.1. The molecule has 0 aromatic carbocycles. The van der Waals surface area contributed by atoms with Crippen molar-refractivity contribution in [1.29, 1.82) is 5.26 Å². The van der Waals surface area contributed by atoms with Gasteiger partial charge in [-0.2, -0.15) is 5.26 Å². The van der Waals surface area contributed by atoms with E-state index in [1.165, 1.54) is 0 Å². The topological polar surface area (TPSA) is 116 Å². The molecule has 150 valence electrons. The first-order valence-corrected chi connectivity index (χ1v) is 10.4. The third-order valence-electron chi connectivity index (χ3n) is 7.92. The molecule has 0 saturated heterocycles. The van der Waals surface area contributed by atoms with Gasteiger partial charge in [0.25, 0.3) is 0 Å². The van der Waals surface area contributed by atoms with Gasteiger partial charge in [-0.25, -0.2) is 0 Å². The highest BCUT2D eigenvalue weighted by molar-refractivity contribution is 5.83. The van der Waals surface area contributed by atoms with Gasteiger partial charge in [-0.05, 0) is 55.9 Å². The fourth-order valence-electron chi connectivity index (χ4n) is 7.16. The molecule has 2 unspecified atom stereocenters. The first-order valence-electron chi connectivity index (χ1n) is 10.4. The Morgan fingerprint density at radius 3 is 2.79 bits per heavy atom.